The molecular weight excluding hydrogens is 404 g/mol. The third kappa shape index (κ3) is 3.69. The topological polar surface area (TPSA) is 157 Å². The number of nitrogens with zero attached hydrogens (tertiary/aromatic N) is 1. The number of methoxy groups -OCH3 is 1. The molecule has 12 heteroatoms. The van der Waals surface area contributed by atoms with Crippen LogP contribution in [-0.4, -0.2) is 32.4 Å². The maximum Gasteiger partial charge on any atom is 0.322 e. The zero-order chi connectivity index (χ0) is 21.4. The fourth-order valence-electron chi connectivity index (χ4n) is 2.84. The molecule has 0 bridgehead atoms. The maximum atomic E-state index is 12.8. The molecule has 3 rings (SSSR count). The Balaban J connectivity index is 1.98. The SMILES string of the molecule is COc1ccc([N+](=O)[O-])cc1S(=O)(=O)Nc1cccc(C2(C)NC(=O)NC2=O)c1. The number of urea groups is 1. The van der Waals surface area contributed by atoms with E-state index < -0.39 is 43.0 Å². The van der Waals surface area contributed by atoms with Gasteiger partial charge in [-0.05, 0) is 30.7 Å². The van der Waals surface area contributed by atoms with E-state index in [2.05, 4.69) is 15.4 Å². The van der Waals surface area contributed by atoms with Gasteiger partial charge in [0, 0.05) is 17.8 Å². The lowest BCUT2D eigenvalue weighted by atomic mass is 9.92. The minimum Gasteiger partial charge on any atom is -0.495 e. The van der Waals surface area contributed by atoms with E-state index in [1.807, 2.05) is 0 Å². The number of anilines is 1. The molecule has 1 heterocycles. The average molecular weight is 420 g/mol. The highest BCUT2D eigenvalue weighted by atomic mass is 32.2. The van der Waals surface area contributed by atoms with Gasteiger partial charge in [-0.2, -0.15) is 0 Å². The first kappa shape index (κ1) is 20.1. The predicted molar refractivity (Wildman–Crippen MR) is 101 cm³/mol. The van der Waals surface area contributed by atoms with E-state index >= 15 is 0 Å². The Kier molecular flexibility index (Phi) is 4.88. The molecule has 1 aliphatic heterocycles. The summed E-state index contributed by atoms with van der Waals surface area (Å²) < 4.78 is 33.0. The number of amides is 3. The van der Waals surface area contributed by atoms with Gasteiger partial charge in [-0.15, -0.1) is 0 Å². The summed E-state index contributed by atoms with van der Waals surface area (Å²) in [7, 11) is -3.02. The van der Waals surface area contributed by atoms with Gasteiger partial charge >= 0.3 is 6.03 Å². The number of carbonyl (C=O) groups is 2. The monoisotopic (exact) mass is 420 g/mol. The van der Waals surface area contributed by atoms with Crippen molar-refractivity contribution in [2.75, 3.05) is 11.8 Å². The maximum absolute atomic E-state index is 12.8. The molecule has 3 amide bonds. The van der Waals surface area contributed by atoms with Crippen LogP contribution >= 0.6 is 0 Å². The smallest absolute Gasteiger partial charge is 0.322 e. The molecule has 2 aromatic rings. The molecule has 2 aromatic carbocycles. The summed E-state index contributed by atoms with van der Waals surface area (Å²) in [4.78, 5) is 33.4. The Morgan fingerprint density at radius 1 is 1.17 bits per heavy atom. The molecule has 11 nitrogen and oxygen atoms in total. The van der Waals surface area contributed by atoms with Gasteiger partial charge in [-0.25, -0.2) is 13.2 Å². The summed E-state index contributed by atoms with van der Waals surface area (Å²) in [5.41, 5.74) is -1.36. The largest absolute Gasteiger partial charge is 0.495 e. The van der Waals surface area contributed by atoms with E-state index in [4.69, 9.17) is 4.74 Å². The van der Waals surface area contributed by atoms with E-state index in [0.29, 0.717) is 5.56 Å². The third-order valence-electron chi connectivity index (χ3n) is 4.38. The Hall–Kier alpha value is -3.67. The van der Waals surface area contributed by atoms with Gasteiger partial charge in [0.05, 0.1) is 12.0 Å². The van der Waals surface area contributed by atoms with Gasteiger partial charge in [-0.1, -0.05) is 12.1 Å². The minimum absolute atomic E-state index is 0.0753. The first-order valence-electron chi connectivity index (χ1n) is 8.16. The molecule has 1 unspecified atom stereocenters. The van der Waals surface area contributed by atoms with Crippen molar-refractivity contribution in [1.82, 2.24) is 10.6 Å². The molecule has 152 valence electrons. The van der Waals surface area contributed by atoms with Crippen molar-refractivity contribution in [1.29, 1.82) is 0 Å². The molecule has 3 N–H and O–H groups in total. The zero-order valence-corrected chi connectivity index (χ0v) is 16.1. The summed E-state index contributed by atoms with van der Waals surface area (Å²) in [5.74, 6) is -0.656. The number of nitrogens with one attached hydrogen (secondary N) is 3. The van der Waals surface area contributed by atoms with Crippen LogP contribution in [0.2, 0.25) is 0 Å². The molecule has 29 heavy (non-hydrogen) atoms. The zero-order valence-electron chi connectivity index (χ0n) is 15.3. The molecule has 0 radical (unpaired) electrons. The van der Waals surface area contributed by atoms with Gasteiger partial charge in [-0.3, -0.25) is 24.9 Å². The summed E-state index contributed by atoms with van der Waals surface area (Å²) in [5, 5.41) is 15.6. The molecule has 1 saturated heterocycles. The van der Waals surface area contributed by atoms with Gasteiger partial charge in [0.15, 0.2) is 0 Å². The van der Waals surface area contributed by atoms with Crippen LogP contribution in [0.4, 0.5) is 16.2 Å². The summed E-state index contributed by atoms with van der Waals surface area (Å²) >= 11 is 0. The quantitative estimate of drug-likeness (QED) is 0.363. The molecule has 1 atom stereocenters. The highest BCUT2D eigenvalue weighted by Crippen LogP contribution is 2.31. The number of hydrogen-bond donors (Lipinski definition) is 3. The summed E-state index contributed by atoms with van der Waals surface area (Å²) in [6.07, 6.45) is 0. The van der Waals surface area contributed by atoms with Crippen molar-refractivity contribution in [2.45, 2.75) is 17.4 Å². The molecule has 1 aliphatic rings. The first-order chi connectivity index (χ1) is 13.6. The lowest BCUT2D eigenvalue weighted by Gasteiger charge is -2.22. The van der Waals surface area contributed by atoms with Crippen molar-refractivity contribution < 1.29 is 27.7 Å². The van der Waals surface area contributed by atoms with Crippen LogP contribution in [0.15, 0.2) is 47.4 Å². The van der Waals surface area contributed by atoms with Crippen molar-refractivity contribution in [3.63, 3.8) is 0 Å². The molecule has 1 fully saturated rings. The minimum atomic E-state index is -4.26. The third-order valence-corrected chi connectivity index (χ3v) is 5.79. The number of hydrogen-bond acceptors (Lipinski definition) is 7. The number of nitro benzene ring substituents is 1. The lowest BCUT2D eigenvalue weighted by molar-refractivity contribution is -0.385. The van der Waals surface area contributed by atoms with E-state index in [9.17, 15) is 28.1 Å². The fourth-order valence-corrected chi connectivity index (χ4v) is 4.08. The Bertz CT molecular complexity index is 1130. The van der Waals surface area contributed by atoms with Crippen LogP contribution in [0, 0.1) is 10.1 Å². The number of rotatable bonds is 6. The van der Waals surface area contributed by atoms with Crippen molar-refractivity contribution in [3.8, 4) is 5.75 Å². The van der Waals surface area contributed by atoms with Gasteiger partial charge in [0.1, 0.15) is 16.2 Å². The Morgan fingerprint density at radius 2 is 1.90 bits per heavy atom. The Morgan fingerprint density at radius 3 is 2.48 bits per heavy atom. The summed E-state index contributed by atoms with van der Waals surface area (Å²) in [6.45, 7) is 1.48. The van der Waals surface area contributed by atoms with Crippen molar-refractivity contribution in [3.05, 3.63) is 58.1 Å². The number of carbonyl (C=O) groups excluding carboxylic acids is 2. The second kappa shape index (κ2) is 7.05. The number of nitro groups is 1. The number of non-ortho nitro benzene ring substituents is 1. The average Bonchev–Trinajstić information content (AvgIpc) is 2.93. The molecule has 0 aliphatic carbocycles. The first-order valence-corrected chi connectivity index (χ1v) is 9.64. The van der Waals surface area contributed by atoms with Crippen LogP contribution in [0.1, 0.15) is 12.5 Å². The van der Waals surface area contributed by atoms with Gasteiger partial charge < -0.3 is 10.1 Å². The number of benzene rings is 2. The highest BCUT2D eigenvalue weighted by Gasteiger charge is 2.43. The van der Waals surface area contributed by atoms with Crippen LogP contribution in [0.5, 0.6) is 5.75 Å². The van der Waals surface area contributed by atoms with Crippen LogP contribution in [0.3, 0.4) is 0 Å². The molecular formula is C17H16N4O7S. The lowest BCUT2D eigenvalue weighted by Crippen LogP contribution is -2.40. The highest BCUT2D eigenvalue weighted by molar-refractivity contribution is 7.92. The molecule has 0 aromatic heterocycles. The number of sulfonamides is 1. The Labute approximate surface area is 165 Å². The number of ether oxygens (including phenoxy) is 1. The summed E-state index contributed by atoms with van der Waals surface area (Å²) in [6, 6.07) is 8.40. The van der Waals surface area contributed by atoms with Crippen molar-refractivity contribution >= 4 is 33.3 Å². The van der Waals surface area contributed by atoms with Crippen LogP contribution < -0.4 is 20.1 Å². The van der Waals surface area contributed by atoms with E-state index in [1.54, 1.807) is 6.07 Å². The normalized spacial score (nSPS) is 18.7. The van der Waals surface area contributed by atoms with Gasteiger partial charge in [0.2, 0.25) is 0 Å². The van der Waals surface area contributed by atoms with Crippen LogP contribution in [-0.2, 0) is 20.4 Å². The van der Waals surface area contributed by atoms with Crippen LogP contribution in [0.25, 0.3) is 0 Å². The number of imide groups is 1. The van der Waals surface area contributed by atoms with E-state index in [0.717, 1.165) is 12.1 Å². The van der Waals surface area contributed by atoms with E-state index in [-0.39, 0.29) is 11.4 Å². The molecule has 0 saturated carbocycles. The second-order valence-corrected chi connectivity index (χ2v) is 7.96. The van der Waals surface area contributed by atoms with Crippen molar-refractivity contribution in [2.24, 2.45) is 0 Å². The fraction of sp³-hybridized carbons (Fsp3) is 0.176. The van der Waals surface area contributed by atoms with E-state index in [1.165, 1.54) is 38.3 Å². The van der Waals surface area contributed by atoms with Gasteiger partial charge in [0.25, 0.3) is 21.6 Å². The standard InChI is InChI=1S/C17H16N4O7S/c1-17(15(22)18-16(23)19-17)10-4-3-5-11(8-10)20-29(26,27)14-9-12(21(24)25)6-7-13(14)28-2/h3-9,20H,1-2H3,(H2,18,19,22,23). The predicted octanol–water partition coefficient (Wildman–Crippen LogP) is 1.46. The second-order valence-electron chi connectivity index (χ2n) is 6.31. The molecule has 0 spiro atoms.